The van der Waals surface area contributed by atoms with Gasteiger partial charge in [-0.15, -0.1) is 0 Å². The van der Waals surface area contributed by atoms with E-state index in [4.69, 9.17) is 4.74 Å². The molecule has 0 saturated carbocycles. The second kappa shape index (κ2) is 6.79. The predicted molar refractivity (Wildman–Crippen MR) is 92.8 cm³/mol. The summed E-state index contributed by atoms with van der Waals surface area (Å²) in [5.41, 5.74) is 3.20. The first-order chi connectivity index (χ1) is 11.3. The molecule has 0 heterocycles. The zero-order valence-corrected chi connectivity index (χ0v) is 12.8. The number of nitrogens with one attached hydrogen (secondary N) is 1. The second-order valence-electron chi connectivity index (χ2n) is 5.10. The van der Waals surface area contributed by atoms with Gasteiger partial charge < -0.3 is 10.1 Å². The lowest BCUT2D eigenvalue weighted by molar-refractivity contribution is 0.102. The summed E-state index contributed by atoms with van der Waals surface area (Å²) >= 11 is 0. The second-order valence-corrected chi connectivity index (χ2v) is 5.10. The summed E-state index contributed by atoms with van der Waals surface area (Å²) < 4.78 is 5.30. The molecule has 23 heavy (non-hydrogen) atoms. The molecule has 0 unspecified atom stereocenters. The molecule has 3 heteroatoms. The van der Waals surface area contributed by atoms with Gasteiger partial charge in [0.25, 0.3) is 5.91 Å². The van der Waals surface area contributed by atoms with Crippen LogP contribution in [-0.2, 0) is 0 Å². The minimum atomic E-state index is -0.141. The molecule has 0 bridgehead atoms. The van der Waals surface area contributed by atoms with Crippen LogP contribution in [0.5, 0.6) is 5.75 Å². The number of methoxy groups -OCH3 is 1. The Morgan fingerprint density at radius 3 is 2.17 bits per heavy atom. The van der Waals surface area contributed by atoms with Crippen molar-refractivity contribution >= 4 is 11.6 Å². The third-order valence-corrected chi connectivity index (χ3v) is 3.59. The molecule has 114 valence electrons. The molecular weight excluding hydrogens is 286 g/mol. The summed E-state index contributed by atoms with van der Waals surface area (Å²) in [4.78, 5) is 12.7. The van der Waals surface area contributed by atoms with Crippen molar-refractivity contribution in [3.63, 3.8) is 0 Å². The molecule has 0 spiro atoms. The molecular formula is C20H17NO2. The summed E-state index contributed by atoms with van der Waals surface area (Å²) in [5.74, 6) is 0.581. The van der Waals surface area contributed by atoms with Crippen molar-refractivity contribution in [1.82, 2.24) is 0 Å². The first-order valence-electron chi connectivity index (χ1n) is 7.38. The lowest BCUT2D eigenvalue weighted by Crippen LogP contribution is -2.13. The van der Waals surface area contributed by atoms with Crippen LogP contribution in [0.3, 0.4) is 0 Å². The molecule has 0 aliphatic heterocycles. The van der Waals surface area contributed by atoms with Crippen molar-refractivity contribution in [3.8, 4) is 16.9 Å². The average molecular weight is 303 g/mol. The normalized spacial score (nSPS) is 10.1. The van der Waals surface area contributed by atoms with Crippen LogP contribution in [0.1, 0.15) is 10.4 Å². The highest BCUT2D eigenvalue weighted by atomic mass is 16.5. The number of ether oxygens (including phenoxy) is 1. The van der Waals surface area contributed by atoms with Crippen LogP contribution in [0.15, 0.2) is 78.9 Å². The van der Waals surface area contributed by atoms with Crippen molar-refractivity contribution in [2.24, 2.45) is 0 Å². The molecule has 3 aromatic rings. The number of benzene rings is 3. The van der Waals surface area contributed by atoms with Crippen LogP contribution in [0.2, 0.25) is 0 Å². The van der Waals surface area contributed by atoms with Crippen LogP contribution in [0.25, 0.3) is 11.1 Å². The molecule has 3 nitrogen and oxygen atoms in total. The zero-order chi connectivity index (χ0) is 16.1. The molecule has 0 radical (unpaired) electrons. The highest BCUT2D eigenvalue weighted by molar-refractivity contribution is 6.08. The van der Waals surface area contributed by atoms with Crippen LogP contribution >= 0.6 is 0 Å². The number of amides is 1. The first-order valence-corrected chi connectivity index (χ1v) is 7.38. The van der Waals surface area contributed by atoms with Crippen molar-refractivity contribution in [2.45, 2.75) is 0 Å². The van der Waals surface area contributed by atoms with E-state index in [1.165, 1.54) is 0 Å². The number of rotatable bonds is 4. The zero-order valence-electron chi connectivity index (χ0n) is 12.8. The van der Waals surface area contributed by atoms with E-state index in [2.05, 4.69) is 5.32 Å². The van der Waals surface area contributed by atoms with Gasteiger partial charge in [0, 0.05) is 11.3 Å². The summed E-state index contributed by atoms with van der Waals surface area (Å²) in [7, 11) is 1.62. The minimum absolute atomic E-state index is 0.141. The van der Waals surface area contributed by atoms with Gasteiger partial charge in [0.15, 0.2) is 0 Å². The first kappa shape index (κ1) is 14.9. The average Bonchev–Trinajstić information content (AvgIpc) is 2.62. The van der Waals surface area contributed by atoms with E-state index in [0.29, 0.717) is 5.56 Å². The molecule has 1 amide bonds. The van der Waals surface area contributed by atoms with Gasteiger partial charge >= 0.3 is 0 Å². The van der Waals surface area contributed by atoms with E-state index in [1.807, 2.05) is 66.7 Å². The highest BCUT2D eigenvalue weighted by Gasteiger charge is 2.14. The Bertz CT molecular complexity index is 798. The fraction of sp³-hybridized carbons (Fsp3) is 0.0500. The van der Waals surface area contributed by atoms with Crippen LogP contribution in [0.4, 0.5) is 5.69 Å². The summed E-state index contributed by atoms with van der Waals surface area (Å²) in [5, 5.41) is 2.93. The molecule has 0 aromatic heterocycles. The van der Waals surface area contributed by atoms with Crippen molar-refractivity contribution in [1.29, 1.82) is 0 Å². The SMILES string of the molecule is COc1ccc(C(=O)Nc2ccccc2)c(-c2ccccc2)c1. The van der Waals surface area contributed by atoms with Gasteiger partial charge in [-0.1, -0.05) is 48.5 Å². The fourth-order valence-corrected chi connectivity index (χ4v) is 2.42. The predicted octanol–water partition coefficient (Wildman–Crippen LogP) is 4.61. The van der Waals surface area contributed by atoms with E-state index in [0.717, 1.165) is 22.6 Å². The lowest BCUT2D eigenvalue weighted by Gasteiger charge is -2.12. The molecule has 0 fully saturated rings. The minimum Gasteiger partial charge on any atom is -0.497 e. The van der Waals surface area contributed by atoms with Gasteiger partial charge in [0.05, 0.1) is 7.11 Å². The number of hydrogen-bond donors (Lipinski definition) is 1. The number of carbonyl (C=O) groups excluding carboxylic acids is 1. The van der Waals surface area contributed by atoms with E-state index >= 15 is 0 Å². The monoisotopic (exact) mass is 303 g/mol. The maximum absolute atomic E-state index is 12.7. The molecule has 0 atom stereocenters. The smallest absolute Gasteiger partial charge is 0.256 e. The Balaban J connectivity index is 2.00. The lowest BCUT2D eigenvalue weighted by atomic mass is 9.98. The number of anilines is 1. The molecule has 0 saturated heterocycles. The molecule has 3 aromatic carbocycles. The quantitative estimate of drug-likeness (QED) is 0.764. The van der Waals surface area contributed by atoms with Gasteiger partial charge in [-0.2, -0.15) is 0 Å². The van der Waals surface area contributed by atoms with Gasteiger partial charge in [0.2, 0.25) is 0 Å². The Labute approximate surface area is 135 Å². The number of carbonyl (C=O) groups is 1. The van der Waals surface area contributed by atoms with Crippen molar-refractivity contribution in [3.05, 3.63) is 84.4 Å². The Kier molecular flexibility index (Phi) is 4.39. The van der Waals surface area contributed by atoms with Gasteiger partial charge in [0.1, 0.15) is 5.75 Å². The van der Waals surface area contributed by atoms with E-state index in [-0.39, 0.29) is 5.91 Å². The van der Waals surface area contributed by atoms with E-state index < -0.39 is 0 Å². The van der Waals surface area contributed by atoms with E-state index in [1.54, 1.807) is 19.2 Å². The maximum atomic E-state index is 12.7. The Morgan fingerprint density at radius 1 is 0.870 bits per heavy atom. The summed E-state index contributed by atoms with van der Waals surface area (Å²) in [6.07, 6.45) is 0. The topological polar surface area (TPSA) is 38.3 Å². The Hall–Kier alpha value is -3.07. The van der Waals surface area contributed by atoms with Crippen LogP contribution in [0, 0.1) is 0 Å². The maximum Gasteiger partial charge on any atom is 0.256 e. The third-order valence-electron chi connectivity index (χ3n) is 3.59. The van der Waals surface area contributed by atoms with Gasteiger partial charge in [-0.25, -0.2) is 0 Å². The Morgan fingerprint density at radius 2 is 1.52 bits per heavy atom. The molecule has 0 aliphatic rings. The molecule has 1 N–H and O–H groups in total. The molecule has 3 rings (SSSR count). The third kappa shape index (κ3) is 3.40. The van der Waals surface area contributed by atoms with Gasteiger partial charge in [-0.3, -0.25) is 4.79 Å². The summed E-state index contributed by atoms with van der Waals surface area (Å²) in [6.45, 7) is 0. The standard InChI is InChI=1S/C20H17NO2/c1-23-17-12-13-18(19(14-17)15-8-4-2-5-9-15)20(22)21-16-10-6-3-7-11-16/h2-14H,1H3,(H,21,22). The van der Waals surface area contributed by atoms with Crippen LogP contribution in [-0.4, -0.2) is 13.0 Å². The molecule has 0 aliphatic carbocycles. The van der Waals surface area contributed by atoms with Crippen LogP contribution < -0.4 is 10.1 Å². The largest absolute Gasteiger partial charge is 0.497 e. The summed E-state index contributed by atoms with van der Waals surface area (Å²) in [6, 6.07) is 24.7. The fourth-order valence-electron chi connectivity index (χ4n) is 2.42. The number of para-hydroxylation sites is 1. The van der Waals surface area contributed by atoms with Gasteiger partial charge in [-0.05, 0) is 41.5 Å². The number of hydrogen-bond acceptors (Lipinski definition) is 2. The van der Waals surface area contributed by atoms with Crippen molar-refractivity contribution in [2.75, 3.05) is 12.4 Å². The van der Waals surface area contributed by atoms with Crippen molar-refractivity contribution < 1.29 is 9.53 Å². The van der Waals surface area contributed by atoms with E-state index in [9.17, 15) is 4.79 Å². The highest BCUT2D eigenvalue weighted by Crippen LogP contribution is 2.28.